The summed E-state index contributed by atoms with van der Waals surface area (Å²) in [6.45, 7) is 3.08. The van der Waals surface area contributed by atoms with Gasteiger partial charge in [-0.3, -0.25) is 4.79 Å². The third-order valence-corrected chi connectivity index (χ3v) is 6.77. The highest BCUT2D eigenvalue weighted by atomic mass is 32.2. The van der Waals surface area contributed by atoms with E-state index in [1.807, 2.05) is 60.7 Å². The average molecular weight is 481 g/mol. The van der Waals surface area contributed by atoms with E-state index in [1.54, 1.807) is 13.8 Å². The van der Waals surface area contributed by atoms with Crippen LogP contribution in [0, 0.1) is 6.92 Å². The minimum atomic E-state index is -3.73. The molecule has 0 bridgehead atoms. The van der Waals surface area contributed by atoms with E-state index in [4.69, 9.17) is 4.74 Å². The second kappa shape index (κ2) is 11.6. The normalized spacial score (nSPS) is 12.1. The maximum atomic E-state index is 12.7. The Labute approximate surface area is 200 Å². The van der Waals surface area contributed by atoms with Crippen molar-refractivity contribution in [3.63, 3.8) is 0 Å². The Balaban J connectivity index is 1.68. The number of rotatable bonds is 10. The number of ether oxygens (including phenoxy) is 1. The Bertz CT molecular complexity index is 1230. The number of esters is 1. The van der Waals surface area contributed by atoms with Crippen molar-refractivity contribution in [2.45, 2.75) is 31.2 Å². The molecule has 3 rings (SSSR count). The minimum absolute atomic E-state index is 0.0386. The molecule has 0 aromatic heterocycles. The summed E-state index contributed by atoms with van der Waals surface area (Å²) in [5.41, 5.74) is 2.63. The van der Waals surface area contributed by atoms with Crippen LogP contribution in [0.25, 0.3) is 0 Å². The summed E-state index contributed by atoms with van der Waals surface area (Å²) in [7, 11) is -3.73. The number of aryl methyl sites for hydroxylation is 1. The second-order valence-corrected chi connectivity index (χ2v) is 9.54. The molecule has 0 fully saturated rings. The van der Waals surface area contributed by atoms with E-state index in [-0.39, 0.29) is 23.0 Å². The van der Waals surface area contributed by atoms with Crippen molar-refractivity contribution in [1.29, 1.82) is 0 Å². The minimum Gasteiger partial charge on any atom is -0.452 e. The molecule has 0 heterocycles. The van der Waals surface area contributed by atoms with Crippen LogP contribution in [0.3, 0.4) is 0 Å². The lowest BCUT2D eigenvalue weighted by atomic mass is 9.99. The highest BCUT2D eigenvalue weighted by Gasteiger charge is 2.20. The van der Waals surface area contributed by atoms with Gasteiger partial charge in [-0.15, -0.1) is 0 Å². The topological polar surface area (TPSA) is 102 Å². The van der Waals surface area contributed by atoms with Crippen LogP contribution in [0.4, 0.5) is 0 Å². The number of hydrogen-bond acceptors (Lipinski definition) is 5. The number of nitrogens with one attached hydrogen (secondary N) is 2. The van der Waals surface area contributed by atoms with E-state index >= 15 is 0 Å². The Kier molecular flexibility index (Phi) is 8.56. The van der Waals surface area contributed by atoms with Crippen LogP contribution in [-0.4, -0.2) is 33.4 Å². The first kappa shape index (κ1) is 25.1. The summed E-state index contributed by atoms with van der Waals surface area (Å²) in [5.74, 6) is -1.22. The zero-order valence-electron chi connectivity index (χ0n) is 19.2. The zero-order chi connectivity index (χ0) is 24.6. The van der Waals surface area contributed by atoms with Gasteiger partial charge in [-0.25, -0.2) is 17.9 Å². The van der Waals surface area contributed by atoms with Crippen molar-refractivity contribution in [2.24, 2.45) is 0 Å². The van der Waals surface area contributed by atoms with Gasteiger partial charge in [0.2, 0.25) is 10.0 Å². The summed E-state index contributed by atoms with van der Waals surface area (Å²) >= 11 is 0. The van der Waals surface area contributed by atoms with Gasteiger partial charge >= 0.3 is 5.97 Å². The molecule has 178 valence electrons. The Hall–Kier alpha value is -3.49. The fraction of sp³-hybridized carbons (Fsp3) is 0.231. The van der Waals surface area contributed by atoms with Crippen LogP contribution >= 0.6 is 0 Å². The fourth-order valence-corrected chi connectivity index (χ4v) is 4.56. The number of hydrogen-bond donors (Lipinski definition) is 2. The number of carbonyl (C=O) groups is 2. The molecule has 0 saturated heterocycles. The van der Waals surface area contributed by atoms with E-state index in [0.29, 0.717) is 12.0 Å². The first-order chi connectivity index (χ1) is 16.3. The van der Waals surface area contributed by atoms with Crippen LogP contribution in [0.15, 0.2) is 83.8 Å². The predicted octanol–water partition coefficient (Wildman–Crippen LogP) is 3.55. The third-order valence-electron chi connectivity index (χ3n) is 5.23. The molecule has 3 aromatic rings. The van der Waals surface area contributed by atoms with Crippen molar-refractivity contribution >= 4 is 21.9 Å². The molecule has 0 aliphatic heterocycles. The molecule has 1 amide bonds. The summed E-state index contributed by atoms with van der Waals surface area (Å²) in [4.78, 5) is 25.3. The van der Waals surface area contributed by atoms with Crippen LogP contribution < -0.4 is 10.0 Å². The Morgan fingerprint density at radius 3 is 2.24 bits per heavy atom. The van der Waals surface area contributed by atoms with Gasteiger partial charge in [0.1, 0.15) is 0 Å². The summed E-state index contributed by atoms with van der Waals surface area (Å²) in [6.07, 6.45) is 0.577. The lowest BCUT2D eigenvalue weighted by Gasteiger charge is -2.19. The van der Waals surface area contributed by atoms with Crippen LogP contribution in [0.1, 0.15) is 40.0 Å². The summed E-state index contributed by atoms with van der Waals surface area (Å²) in [6, 6.07) is 23.3. The van der Waals surface area contributed by atoms with Gasteiger partial charge in [0.15, 0.2) is 6.61 Å². The van der Waals surface area contributed by atoms with Crippen LogP contribution in [-0.2, 0) is 26.0 Å². The molecule has 1 unspecified atom stereocenters. The molecule has 0 radical (unpaired) electrons. The lowest BCUT2D eigenvalue weighted by Crippen LogP contribution is -2.33. The molecule has 34 heavy (non-hydrogen) atoms. The maximum absolute atomic E-state index is 12.7. The predicted molar refractivity (Wildman–Crippen MR) is 130 cm³/mol. The van der Waals surface area contributed by atoms with E-state index in [9.17, 15) is 18.0 Å². The largest absolute Gasteiger partial charge is 0.452 e. The van der Waals surface area contributed by atoms with Crippen LogP contribution in [0.5, 0.6) is 0 Å². The lowest BCUT2D eigenvalue weighted by molar-refractivity contribution is -0.125. The SMILES string of the molecule is CCNS(=O)(=O)c1ccc(C)c(C(=O)OCC(=O)NC(Cc2ccccc2)c2ccccc2)c1. The smallest absolute Gasteiger partial charge is 0.338 e. The Morgan fingerprint density at radius 1 is 0.941 bits per heavy atom. The van der Waals surface area contributed by atoms with Crippen molar-refractivity contribution in [1.82, 2.24) is 10.0 Å². The molecule has 0 aliphatic carbocycles. The molecule has 8 heteroatoms. The quantitative estimate of drug-likeness (QED) is 0.432. The standard InChI is InChI=1S/C26H28N2O5S/c1-3-27-34(31,32)22-15-14-19(2)23(17-22)26(30)33-18-25(29)28-24(21-12-8-5-9-13-21)16-20-10-6-4-7-11-20/h4-15,17,24,27H,3,16,18H2,1-2H3,(H,28,29). The number of sulfonamides is 1. The second-order valence-electron chi connectivity index (χ2n) is 7.77. The van der Waals surface area contributed by atoms with Gasteiger partial charge in [-0.05, 0) is 42.2 Å². The van der Waals surface area contributed by atoms with Crippen molar-refractivity contribution < 1.29 is 22.7 Å². The molecule has 0 spiro atoms. The van der Waals surface area contributed by atoms with Gasteiger partial charge in [0, 0.05) is 6.54 Å². The van der Waals surface area contributed by atoms with Gasteiger partial charge < -0.3 is 10.1 Å². The first-order valence-electron chi connectivity index (χ1n) is 11.0. The maximum Gasteiger partial charge on any atom is 0.338 e. The summed E-state index contributed by atoms with van der Waals surface area (Å²) in [5, 5.41) is 2.93. The molecule has 0 saturated carbocycles. The molecule has 2 N–H and O–H groups in total. The molecule has 7 nitrogen and oxygen atoms in total. The van der Waals surface area contributed by atoms with Crippen LogP contribution in [0.2, 0.25) is 0 Å². The molecular weight excluding hydrogens is 452 g/mol. The van der Waals surface area contributed by atoms with Crippen molar-refractivity contribution in [3.8, 4) is 0 Å². The zero-order valence-corrected chi connectivity index (χ0v) is 20.0. The summed E-state index contributed by atoms with van der Waals surface area (Å²) < 4.78 is 32.1. The van der Waals surface area contributed by atoms with E-state index in [0.717, 1.165) is 11.1 Å². The van der Waals surface area contributed by atoms with E-state index in [2.05, 4.69) is 10.0 Å². The highest BCUT2D eigenvalue weighted by molar-refractivity contribution is 7.89. The molecular formula is C26H28N2O5S. The third kappa shape index (κ3) is 6.76. The van der Waals surface area contributed by atoms with Gasteiger partial charge in [-0.2, -0.15) is 0 Å². The van der Waals surface area contributed by atoms with Gasteiger partial charge in [-0.1, -0.05) is 73.7 Å². The van der Waals surface area contributed by atoms with Gasteiger partial charge in [0.05, 0.1) is 16.5 Å². The van der Waals surface area contributed by atoms with Gasteiger partial charge in [0.25, 0.3) is 5.91 Å². The average Bonchev–Trinajstić information content (AvgIpc) is 2.83. The number of carbonyl (C=O) groups excluding carboxylic acids is 2. The molecule has 0 aliphatic rings. The van der Waals surface area contributed by atoms with E-state index < -0.39 is 28.5 Å². The molecule has 3 aromatic carbocycles. The first-order valence-corrected chi connectivity index (χ1v) is 12.4. The molecule has 1 atom stereocenters. The number of amides is 1. The van der Waals surface area contributed by atoms with Crippen molar-refractivity contribution in [3.05, 3.63) is 101 Å². The van der Waals surface area contributed by atoms with E-state index in [1.165, 1.54) is 18.2 Å². The fourth-order valence-electron chi connectivity index (χ4n) is 3.49. The highest BCUT2D eigenvalue weighted by Crippen LogP contribution is 2.19. The number of benzene rings is 3. The Morgan fingerprint density at radius 2 is 1.59 bits per heavy atom. The van der Waals surface area contributed by atoms with Crippen molar-refractivity contribution in [2.75, 3.05) is 13.2 Å². The monoisotopic (exact) mass is 480 g/mol.